The number of para-hydroxylation sites is 1. The number of carbonyl (C=O) groups is 2. The highest BCUT2D eigenvalue weighted by molar-refractivity contribution is 5.96. The normalized spacial score (nSPS) is 11.8. The Labute approximate surface area is 192 Å². The van der Waals surface area contributed by atoms with E-state index in [1.807, 2.05) is 30.3 Å². The fourth-order valence-corrected chi connectivity index (χ4v) is 3.40. The number of carbonyl (C=O) groups excluding carboxylic acids is 2. The van der Waals surface area contributed by atoms with Crippen LogP contribution in [0.3, 0.4) is 0 Å². The molecule has 33 heavy (non-hydrogen) atoms. The van der Waals surface area contributed by atoms with Crippen LogP contribution in [0, 0.1) is 6.92 Å². The van der Waals surface area contributed by atoms with Crippen molar-refractivity contribution in [1.29, 1.82) is 0 Å². The van der Waals surface area contributed by atoms with Gasteiger partial charge in [-0.15, -0.1) is 0 Å². The summed E-state index contributed by atoms with van der Waals surface area (Å²) < 4.78 is 8.36. The predicted octanol–water partition coefficient (Wildman–Crippen LogP) is 2.39. The van der Waals surface area contributed by atoms with Crippen LogP contribution in [0.2, 0.25) is 0 Å². The van der Waals surface area contributed by atoms with E-state index >= 15 is 0 Å². The van der Waals surface area contributed by atoms with Crippen LogP contribution in [0.25, 0.3) is 5.69 Å². The minimum atomic E-state index is -0.648. The van der Waals surface area contributed by atoms with Gasteiger partial charge < -0.3 is 15.4 Å². The molecule has 0 radical (unpaired) electrons. The molecule has 0 fully saturated rings. The quantitative estimate of drug-likeness (QED) is 0.548. The SMILES string of the molecule is COc1cccc(NC(=O)CN(C)C(C)C(=O)Nc2c(C)n(C)n(-c3ccccc3)c2=O)c1. The second kappa shape index (κ2) is 10.2. The predicted molar refractivity (Wildman–Crippen MR) is 128 cm³/mol. The lowest BCUT2D eigenvalue weighted by Crippen LogP contribution is -2.43. The molecule has 3 rings (SSSR count). The summed E-state index contributed by atoms with van der Waals surface area (Å²) in [6.07, 6.45) is 0. The Hall–Kier alpha value is -3.85. The topological polar surface area (TPSA) is 97.6 Å². The molecule has 9 heteroatoms. The molecular weight excluding hydrogens is 422 g/mol. The van der Waals surface area contributed by atoms with E-state index in [1.54, 1.807) is 68.9 Å². The lowest BCUT2D eigenvalue weighted by atomic mass is 10.2. The van der Waals surface area contributed by atoms with Gasteiger partial charge in [-0.3, -0.25) is 24.0 Å². The van der Waals surface area contributed by atoms with E-state index in [4.69, 9.17) is 4.74 Å². The zero-order valence-corrected chi connectivity index (χ0v) is 19.5. The molecule has 9 nitrogen and oxygen atoms in total. The third kappa shape index (κ3) is 5.32. The van der Waals surface area contributed by atoms with E-state index in [2.05, 4.69) is 10.6 Å². The fourth-order valence-electron chi connectivity index (χ4n) is 3.40. The first-order chi connectivity index (χ1) is 15.7. The van der Waals surface area contributed by atoms with Gasteiger partial charge in [-0.1, -0.05) is 24.3 Å². The molecule has 1 atom stereocenters. The molecule has 2 aromatic carbocycles. The lowest BCUT2D eigenvalue weighted by Gasteiger charge is -2.23. The first-order valence-corrected chi connectivity index (χ1v) is 10.5. The van der Waals surface area contributed by atoms with Crippen molar-refractivity contribution in [2.45, 2.75) is 19.9 Å². The van der Waals surface area contributed by atoms with E-state index in [-0.39, 0.29) is 29.6 Å². The summed E-state index contributed by atoms with van der Waals surface area (Å²) in [6, 6.07) is 15.6. The van der Waals surface area contributed by atoms with Gasteiger partial charge in [-0.25, -0.2) is 4.68 Å². The summed E-state index contributed by atoms with van der Waals surface area (Å²) in [6.45, 7) is 3.45. The maximum atomic E-state index is 13.0. The second-order valence-corrected chi connectivity index (χ2v) is 7.80. The van der Waals surface area contributed by atoms with Gasteiger partial charge in [-0.2, -0.15) is 0 Å². The Bertz CT molecular complexity index is 1200. The third-order valence-corrected chi connectivity index (χ3v) is 5.59. The maximum Gasteiger partial charge on any atom is 0.295 e. The smallest absolute Gasteiger partial charge is 0.295 e. The van der Waals surface area contributed by atoms with Crippen molar-refractivity contribution in [3.63, 3.8) is 0 Å². The summed E-state index contributed by atoms with van der Waals surface area (Å²) in [7, 11) is 4.99. The Morgan fingerprint density at radius 3 is 2.45 bits per heavy atom. The highest BCUT2D eigenvalue weighted by Crippen LogP contribution is 2.17. The molecule has 2 N–H and O–H groups in total. The Kier molecular flexibility index (Phi) is 7.34. The number of hydrogen-bond donors (Lipinski definition) is 2. The average molecular weight is 452 g/mol. The molecular formula is C24H29N5O4. The van der Waals surface area contributed by atoms with Crippen LogP contribution >= 0.6 is 0 Å². The molecule has 0 saturated carbocycles. The van der Waals surface area contributed by atoms with E-state index in [0.29, 0.717) is 22.8 Å². The number of rotatable bonds is 8. The van der Waals surface area contributed by atoms with Gasteiger partial charge in [0.2, 0.25) is 11.8 Å². The van der Waals surface area contributed by atoms with Crippen molar-refractivity contribution >= 4 is 23.2 Å². The second-order valence-electron chi connectivity index (χ2n) is 7.80. The molecule has 1 aromatic heterocycles. The van der Waals surface area contributed by atoms with Crippen LogP contribution in [0.5, 0.6) is 5.75 Å². The molecule has 3 aromatic rings. The maximum absolute atomic E-state index is 13.0. The minimum absolute atomic E-state index is 0.00614. The van der Waals surface area contributed by atoms with Crippen molar-refractivity contribution in [1.82, 2.24) is 14.3 Å². The molecule has 174 valence electrons. The van der Waals surface area contributed by atoms with Crippen LogP contribution in [-0.2, 0) is 16.6 Å². The minimum Gasteiger partial charge on any atom is -0.497 e. The van der Waals surface area contributed by atoms with Gasteiger partial charge in [0.05, 0.1) is 31.1 Å². The van der Waals surface area contributed by atoms with Gasteiger partial charge in [0.1, 0.15) is 11.4 Å². The fraction of sp³-hybridized carbons (Fsp3) is 0.292. The number of benzene rings is 2. The van der Waals surface area contributed by atoms with Gasteiger partial charge in [0.25, 0.3) is 5.56 Å². The molecule has 0 saturated heterocycles. The van der Waals surface area contributed by atoms with Crippen LogP contribution in [0.4, 0.5) is 11.4 Å². The molecule has 2 amide bonds. The molecule has 1 unspecified atom stereocenters. The largest absolute Gasteiger partial charge is 0.497 e. The summed E-state index contributed by atoms with van der Waals surface area (Å²) in [5.41, 5.74) is 1.83. The Balaban J connectivity index is 1.68. The molecule has 0 aliphatic heterocycles. The highest BCUT2D eigenvalue weighted by atomic mass is 16.5. The van der Waals surface area contributed by atoms with E-state index < -0.39 is 6.04 Å². The van der Waals surface area contributed by atoms with Gasteiger partial charge in [-0.05, 0) is 45.2 Å². The van der Waals surface area contributed by atoms with Crippen molar-refractivity contribution in [3.05, 3.63) is 70.6 Å². The number of ether oxygens (including phenoxy) is 1. The summed E-state index contributed by atoms with van der Waals surface area (Å²) >= 11 is 0. The number of amides is 2. The summed E-state index contributed by atoms with van der Waals surface area (Å²) in [5, 5.41) is 5.53. The van der Waals surface area contributed by atoms with Crippen LogP contribution < -0.4 is 20.9 Å². The van der Waals surface area contributed by atoms with Crippen LogP contribution in [-0.4, -0.2) is 52.8 Å². The zero-order chi connectivity index (χ0) is 24.1. The third-order valence-electron chi connectivity index (χ3n) is 5.59. The Morgan fingerprint density at radius 1 is 1.09 bits per heavy atom. The number of anilines is 2. The molecule has 0 aliphatic rings. The van der Waals surface area contributed by atoms with E-state index in [0.717, 1.165) is 0 Å². The van der Waals surface area contributed by atoms with Crippen molar-refractivity contribution in [2.75, 3.05) is 31.3 Å². The highest BCUT2D eigenvalue weighted by Gasteiger charge is 2.24. The Morgan fingerprint density at radius 2 is 1.79 bits per heavy atom. The van der Waals surface area contributed by atoms with Gasteiger partial charge in [0, 0.05) is 18.8 Å². The van der Waals surface area contributed by atoms with Gasteiger partial charge >= 0.3 is 0 Å². The number of methoxy groups -OCH3 is 1. The number of nitrogens with zero attached hydrogens (tertiary/aromatic N) is 3. The lowest BCUT2D eigenvalue weighted by molar-refractivity contribution is -0.122. The zero-order valence-electron chi connectivity index (χ0n) is 19.5. The molecule has 0 bridgehead atoms. The van der Waals surface area contributed by atoms with E-state index in [1.165, 1.54) is 4.68 Å². The monoisotopic (exact) mass is 451 g/mol. The number of nitrogens with one attached hydrogen (secondary N) is 2. The number of aromatic nitrogens is 2. The molecule has 0 aliphatic carbocycles. The van der Waals surface area contributed by atoms with Gasteiger partial charge in [0.15, 0.2) is 0 Å². The first kappa shape index (κ1) is 23.8. The summed E-state index contributed by atoms with van der Waals surface area (Å²) in [5.74, 6) is -0.0151. The van der Waals surface area contributed by atoms with Crippen molar-refractivity contribution in [3.8, 4) is 11.4 Å². The number of hydrogen-bond acceptors (Lipinski definition) is 5. The van der Waals surface area contributed by atoms with E-state index in [9.17, 15) is 14.4 Å². The first-order valence-electron chi connectivity index (χ1n) is 10.5. The number of likely N-dealkylation sites (N-methyl/N-ethyl adjacent to an activating group) is 1. The standard InChI is InChI=1S/C24H29N5O4/c1-16-22(24(32)29(28(16)4)19-11-7-6-8-12-19)26-23(31)17(2)27(3)15-21(30)25-18-10-9-13-20(14-18)33-5/h6-14,17H,15H2,1-5H3,(H,25,30)(H,26,31). The van der Waals surface area contributed by atoms with Crippen LogP contribution in [0.1, 0.15) is 12.6 Å². The van der Waals surface area contributed by atoms with Crippen LogP contribution in [0.15, 0.2) is 59.4 Å². The van der Waals surface area contributed by atoms with Crippen molar-refractivity contribution < 1.29 is 14.3 Å². The summed E-state index contributed by atoms with van der Waals surface area (Å²) in [4.78, 5) is 39.9. The molecule has 1 heterocycles. The molecule has 0 spiro atoms. The van der Waals surface area contributed by atoms with Crippen molar-refractivity contribution in [2.24, 2.45) is 7.05 Å². The average Bonchev–Trinajstić information content (AvgIpc) is 3.02.